The van der Waals surface area contributed by atoms with Crippen molar-refractivity contribution < 1.29 is 34.2 Å². The quantitative estimate of drug-likeness (QED) is 0.0612. The number of carboxylic acid groups (broad SMARTS) is 1. The molecule has 1 unspecified atom stereocenters. The Balaban J connectivity index is 0.00000209. The van der Waals surface area contributed by atoms with Gasteiger partial charge >= 0.3 is 5.69 Å². The molecular weight excluding hydrogens is 877 g/mol. The Kier molecular flexibility index (Phi) is 14.6. The maximum absolute atomic E-state index is 13.8. The van der Waals surface area contributed by atoms with Crippen LogP contribution in [0.15, 0.2) is 77.6 Å². The molecule has 16 nitrogen and oxygen atoms in total. The maximum Gasteiger partial charge on any atom is 0.329 e. The van der Waals surface area contributed by atoms with Gasteiger partial charge in [-0.3, -0.25) is 38.4 Å². The lowest BCUT2D eigenvalue weighted by Crippen LogP contribution is -2.54. The Morgan fingerprint density at radius 2 is 1.59 bits per heavy atom. The molecule has 69 heavy (non-hydrogen) atoms. The predicted molar refractivity (Wildman–Crippen MR) is 264 cm³/mol. The van der Waals surface area contributed by atoms with Gasteiger partial charge in [-0.1, -0.05) is 48.2 Å². The molecule has 5 heterocycles. The average molecular weight is 939 g/mol. The lowest BCUT2D eigenvalue weighted by molar-refractivity contribution is -0.141. The largest absolute Gasteiger partial charge is 0.483 e. The first kappa shape index (κ1) is 48.5. The summed E-state index contributed by atoms with van der Waals surface area (Å²) >= 11 is 0. The second-order valence-electron chi connectivity index (χ2n) is 19.1. The lowest BCUT2D eigenvalue weighted by Gasteiger charge is -2.43. The normalized spacial score (nSPS) is 19.5. The number of anilines is 2. The number of imidazole rings is 1. The molecule has 2 atom stereocenters. The summed E-state index contributed by atoms with van der Waals surface area (Å²) in [5.41, 5.74) is 11.2. The summed E-state index contributed by atoms with van der Waals surface area (Å²) in [6.45, 7) is 8.48. The number of aryl methyl sites for hydroxylation is 2. The first-order chi connectivity index (χ1) is 33.2. The molecule has 0 saturated carbocycles. The van der Waals surface area contributed by atoms with Crippen molar-refractivity contribution in [2.24, 2.45) is 18.9 Å². The summed E-state index contributed by atoms with van der Waals surface area (Å²) < 4.78 is 3.04. The minimum absolute atomic E-state index is 0.0774. The number of β-amino-alcohol motifs (C(OH)–C–C–N with tert-alkyl or cyclic N) is 1. The smallest absolute Gasteiger partial charge is 0.329 e. The van der Waals surface area contributed by atoms with Gasteiger partial charge in [0.05, 0.1) is 22.7 Å². The highest BCUT2D eigenvalue weighted by molar-refractivity contribution is 6.00. The monoisotopic (exact) mass is 938 g/mol. The number of fused-ring (bicyclic) bond motifs is 2. The van der Waals surface area contributed by atoms with E-state index in [2.05, 4.69) is 56.5 Å². The van der Waals surface area contributed by atoms with Crippen molar-refractivity contribution in [3.63, 3.8) is 0 Å². The van der Waals surface area contributed by atoms with Crippen LogP contribution in [0.5, 0.6) is 0 Å². The van der Waals surface area contributed by atoms with Crippen LogP contribution in [0.1, 0.15) is 97.4 Å². The number of amides is 4. The summed E-state index contributed by atoms with van der Waals surface area (Å²) in [6, 6.07) is 22.6. The van der Waals surface area contributed by atoms with E-state index >= 15 is 0 Å². The SMILES string of the molecule is Cc1ccc(N)cc1C(=O)N[C@H](C)c1ccc(C#CC2CCN(CC3(O)CCN(C(=O)C4CCN(c5ccc6c(c5)n(C)c(=O)n6C5CCC(=O)NC5=O)CC4)CC3)CC2)c2ccccc12.O=CO. The average Bonchev–Trinajstić information content (AvgIpc) is 3.59. The van der Waals surface area contributed by atoms with Gasteiger partial charge in [0.15, 0.2) is 0 Å². The van der Waals surface area contributed by atoms with Gasteiger partial charge in [0.25, 0.3) is 12.4 Å². The van der Waals surface area contributed by atoms with Gasteiger partial charge in [-0.25, -0.2) is 4.79 Å². The van der Waals surface area contributed by atoms with Crippen LogP contribution < -0.4 is 27.0 Å². The fourth-order valence-electron chi connectivity index (χ4n) is 10.6. The summed E-state index contributed by atoms with van der Waals surface area (Å²) in [7, 11) is 1.70. The maximum atomic E-state index is 13.8. The number of hydrogen-bond donors (Lipinski definition) is 5. The molecule has 362 valence electrons. The van der Waals surface area contributed by atoms with Gasteiger partial charge in [0, 0.05) is 80.5 Å². The van der Waals surface area contributed by atoms with Crippen LogP contribution >= 0.6 is 0 Å². The Hall–Kier alpha value is -6.96. The van der Waals surface area contributed by atoms with E-state index < -0.39 is 17.6 Å². The Morgan fingerprint density at radius 3 is 2.29 bits per heavy atom. The highest BCUT2D eigenvalue weighted by Gasteiger charge is 2.39. The number of nitrogens with zero attached hydrogens (tertiary/aromatic N) is 5. The zero-order valence-electron chi connectivity index (χ0n) is 39.6. The van der Waals surface area contributed by atoms with Crippen LogP contribution in [0.4, 0.5) is 11.4 Å². The first-order valence-corrected chi connectivity index (χ1v) is 24.0. The van der Waals surface area contributed by atoms with Gasteiger partial charge in [-0.2, -0.15) is 0 Å². The van der Waals surface area contributed by atoms with Crippen LogP contribution in [0, 0.1) is 30.6 Å². The van der Waals surface area contributed by atoms with Crippen molar-refractivity contribution in [1.82, 2.24) is 29.6 Å². The van der Waals surface area contributed by atoms with E-state index in [0.717, 1.165) is 71.9 Å². The van der Waals surface area contributed by atoms with E-state index in [9.17, 15) is 29.1 Å². The number of rotatable bonds is 8. The Bertz CT molecular complexity index is 2890. The standard InChI is InChI=1S/C52H60N8O6.CH2O2/c1-33-8-12-38(53)30-43(33)48(62)54-34(2)40-14-11-36(41-6-4-5-7-42(40)41)10-9-35-18-24-57(25-19-35)32-52(66)22-28-59(29-23-52)50(64)37-20-26-58(27-21-37)39-13-15-44-46(31-39)56(3)51(65)60(44)45-16-17-47(61)55-49(45)63;2-1-3/h4-8,11-15,30-31,34-35,37,45,66H,16-29,32,53H2,1-3H3,(H,54,62)(H,55,61,63);1H,(H,2,3)/t34-,45?;/m1./s1. The number of carbonyl (C=O) groups excluding carboxylic acids is 4. The molecule has 0 bridgehead atoms. The van der Waals surface area contributed by atoms with Crippen LogP contribution in [0.2, 0.25) is 0 Å². The summed E-state index contributed by atoms with van der Waals surface area (Å²) in [6.07, 6.45) is 4.88. The number of nitrogen functional groups attached to an aromatic ring is 1. The van der Waals surface area contributed by atoms with E-state index in [1.54, 1.807) is 23.7 Å². The third-order valence-corrected chi connectivity index (χ3v) is 14.6. The van der Waals surface area contributed by atoms with Gasteiger partial charge in [-0.05, 0) is 130 Å². The van der Waals surface area contributed by atoms with Crippen molar-refractivity contribution in [2.45, 2.75) is 82.9 Å². The van der Waals surface area contributed by atoms with Crippen LogP contribution in [0.3, 0.4) is 0 Å². The highest BCUT2D eigenvalue weighted by atomic mass is 16.3. The van der Waals surface area contributed by atoms with Crippen LogP contribution in [-0.4, -0.2) is 111 Å². The molecule has 9 rings (SSSR count). The second-order valence-corrected chi connectivity index (χ2v) is 19.1. The predicted octanol–water partition coefficient (Wildman–Crippen LogP) is 4.89. The zero-order valence-corrected chi connectivity index (χ0v) is 39.6. The van der Waals surface area contributed by atoms with E-state index in [1.165, 1.54) is 4.57 Å². The van der Waals surface area contributed by atoms with Crippen LogP contribution in [0.25, 0.3) is 21.8 Å². The topological polar surface area (TPSA) is 213 Å². The number of imide groups is 1. The molecule has 4 fully saturated rings. The zero-order chi connectivity index (χ0) is 49.0. The van der Waals surface area contributed by atoms with Crippen molar-refractivity contribution in [3.8, 4) is 11.8 Å². The van der Waals surface area contributed by atoms with Crippen molar-refractivity contribution in [3.05, 3.63) is 106 Å². The van der Waals surface area contributed by atoms with Crippen LogP contribution in [-0.2, 0) is 26.2 Å². The molecule has 4 aliphatic rings. The fraction of sp³-hybridized carbons (Fsp3) is 0.434. The van der Waals surface area contributed by atoms with Gasteiger partial charge in [0.2, 0.25) is 17.7 Å². The van der Waals surface area contributed by atoms with Gasteiger partial charge in [0.1, 0.15) is 6.04 Å². The molecular formula is C53H62N8O8. The van der Waals surface area contributed by atoms with E-state index in [0.29, 0.717) is 67.8 Å². The molecule has 4 aromatic carbocycles. The van der Waals surface area contributed by atoms with E-state index in [-0.39, 0.29) is 60.6 Å². The molecule has 0 spiro atoms. The van der Waals surface area contributed by atoms with Gasteiger partial charge < -0.3 is 36.0 Å². The van der Waals surface area contributed by atoms with E-state index in [4.69, 9.17) is 15.6 Å². The molecule has 6 N–H and O–H groups in total. The summed E-state index contributed by atoms with van der Waals surface area (Å²) in [5.74, 6) is 6.47. The minimum Gasteiger partial charge on any atom is -0.483 e. The molecule has 4 saturated heterocycles. The first-order valence-electron chi connectivity index (χ1n) is 24.0. The second kappa shape index (κ2) is 20.7. The number of hydrogen-bond acceptors (Lipinski definition) is 10. The molecule has 5 aromatic rings. The number of nitrogens with two attached hydrogens (primary N) is 1. The number of aromatic nitrogens is 2. The molecule has 4 aliphatic heterocycles. The number of nitrogens with one attached hydrogen (secondary N) is 2. The van der Waals surface area contributed by atoms with E-state index in [1.807, 2.05) is 55.1 Å². The minimum atomic E-state index is -0.834. The highest BCUT2D eigenvalue weighted by Crippen LogP contribution is 2.33. The number of aliphatic hydroxyl groups is 1. The lowest BCUT2D eigenvalue weighted by atomic mass is 9.87. The Labute approximate surface area is 401 Å². The number of benzene rings is 4. The fourth-order valence-corrected chi connectivity index (χ4v) is 10.6. The molecule has 16 heteroatoms. The third kappa shape index (κ3) is 10.5. The van der Waals surface area contributed by atoms with Gasteiger partial charge in [-0.15, -0.1) is 0 Å². The molecule has 0 aliphatic carbocycles. The molecule has 0 radical (unpaired) electrons. The summed E-state index contributed by atoms with van der Waals surface area (Å²) in [5, 5.41) is 26.2. The van der Waals surface area contributed by atoms with Crippen molar-refractivity contribution >= 4 is 63.3 Å². The van der Waals surface area contributed by atoms with Crippen molar-refractivity contribution in [2.75, 3.05) is 56.4 Å². The molecule has 1 aromatic heterocycles. The number of piperidine rings is 4. The summed E-state index contributed by atoms with van der Waals surface area (Å²) in [4.78, 5) is 79.5. The third-order valence-electron chi connectivity index (χ3n) is 14.6. The van der Waals surface area contributed by atoms with Crippen molar-refractivity contribution in [1.29, 1.82) is 0 Å². The number of likely N-dealkylation sites (tertiary alicyclic amines) is 2. The Morgan fingerprint density at radius 1 is 0.899 bits per heavy atom. The molecule has 4 amide bonds. The number of carbonyl (C=O) groups is 5.